The minimum atomic E-state index is -0.110. The minimum Gasteiger partial charge on any atom is -0.491 e. The summed E-state index contributed by atoms with van der Waals surface area (Å²) in [7, 11) is 1.63. The summed E-state index contributed by atoms with van der Waals surface area (Å²) >= 11 is 6.37. The molecular weight excluding hydrogens is 432 g/mol. The Morgan fingerprint density at radius 1 is 1.19 bits per heavy atom. The maximum Gasteiger partial charge on any atom is 0.228 e. The van der Waals surface area contributed by atoms with Crippen molar-refractivity contribution in [2.45, 2.75) is 18.9 Å². The van der Waals surface area contributed by atoms with Crippen LogP contribution in [-0.4, -0.2) is 47.5 Å². The second kappa shape index (κ2) is 10.4. The molecule has 1 aliphatic rings. The molecule has 1 aliphatic carbocycles. The maximum absolute atomic E-state index is 12.3. The molecule has 1 N–H and O–H groups in total. The van der Waals surface area contributed by atoms with Crippen molar-refractivity contribution in [1.82, 2.24) is 15.2 Å². The van der Waals surface area contributed by atoms with E-state index >= 15 is 0 Å². The standard InChI is InChI=1S/C23H23ClN4O4/c1-30-9-10-31-17-5-6-20(24)19(13-17)15-4-7-22(25-14-15)32-18-11-16(12-18)23(29)27-21-3-2-8-26-28-21/h2-8,13-14,16,18H,9-12H2,1H3,(H,27,28,29). The summed E-state index contributed by atoms with van der Waals surface area (Å²) in [6, 6.07) is 12.6. The van der Waals surface area contributed by atoms with E-state index in [0.717, 1.165) is 11.1 Å². The summed E-state index contributed by atoms with van der Waals surface area (Å²) in [4.78, 5) is 16.7. The van der Waals surface area contributed by atoms with Gasteiger partial charge in [-0.2, -0.15) is 5.10 Å². The number of pyridine rings is 1. The van der Waals surface area contributed by atoms with E-state index in [-0.39, 0.29) is 17.9 Å². The molecule has 3 aromatic rings. The first-order chi connectivity index (χ1) is 15.6. The first-order valence-corrected chi connectivity index (χ1v) is 10.6. The number of halogens is 1. The second-order valence-corrected chi connectivity index (χ2v) is 7.78. The summed E-state index contributed by atoms with van der Waals surface area (Å²) in [5.41, 5.74) is 1.68. The molecule has 166 valence electrons. The number of anilines is 1. The highest BCUT2D eigenvalue weighted by atomic mass is 35.5. The molecule has 32 heavy (non-hydrogen) atoms. The Hall–Kier alpha value is -3.23. The van der Waals surface area contributed by atoms with Crippen molar-refractivity contribution in [2.75, 3.05) is 25.6 Å². The van der Waals surface area contributed by atoms with Crippen LogP contribution in [0.1, 0.15) is 12.8 Å². The molecule has 0 unspecified atom stereocenters. The lowest BCUT2D eigenvalue weighted by Crippen LogP contribution is -2.41. The number of rotatable bonds is 9. The fourth-order valence-corrected chi connectivity index (χ4v) is 3.54. The third-order valence-corrected chi connectivity index (χ3v) is 5.45. The lowest BCUT2D eigenvalue weighted by molar-refractivity contribution is -0.125. The third kappa shape index (κ3) is 5.52. The van der Waals surface area contributed by atoms with Crippen LogP contribution in [0.25, 0.3) is 11.1 Å². The van der Waals surface area contributed by atoms with Crippen LogP contribution in [0.4, 0.5) is 5.82 Å². The van der Waals surface area contributed by atoms with Crippen LogP contribution in [0.15, 0.2) is 54.9 Å². The molecular formula is C23H23ClN4O4. The maximum atomic E-state index is 12.3. The van der Waals surface area contributed by atoms with E-state index in [1.54, 1.807) is 43.8 Å². The molecule has 1 aromatic carbocycles. The van der Waals surface area contributed by atoms with Crippen LogP contribution >= 0.6 is 11.6 Å². The highest BCUT2D eigenvalue weighted by molar-refractivity contribution is 6.33. The summed E-state index contributed by atoms with van der Waals surface area (Å²) in [6.07, 6.45) is 4.48. The van der Waals surface area contributed by atoms with Crippen LogP contribution in [0.3, 0.4) is 0 Å². The normalized spacial score (nSPS) is 17.3. The number of methoxy groups -OCH3 is 1. The average Bonchev–Trinajstić information content (AvgIpc) is 2.78. The molecule has 0 saturated heterocycles. The lowest BCUT2D eigenvalue weighted by atomic mass is 9.81. The van der Waals surface area contributed by atoms with Crippen LogP contribution in [0.5, 0.6) is 11.6 Å². The minimum absolute atomic E-state index is 0.0490. The zero-order valence-corrected chi connectivity index (χ0v) is 18.3. The van der Waals surface area contributed by atoms with Crippen molar-refractivity contribution >= 4 is 23.3 Å². The Kier molecular flexibility index (Phi) is 7.14. The Morgan fingerprint density at radius 3 is 2.78 bits per heavy atom. The summed E-state index contributed by atoms with van der Waals surface area (Å²) in [5.74, 6) is 1.49. The molecule has 8 nitrogen and oxygen atoms in total. The van der Waals surface area contributed by atoms with Gasteiger partial charge >= 0.3 is 0 Å². The van der Waals surface area contributed by atoms with Crippen molar-refractivity contribution in [3.05, 3.63) is 59.9 Å². The monoisotopic (exact) mass is 454 g/mol. The lowest BCUT2D eigenvalue weighted by Gasteiger charge is -2.33. The number of carbonyl (C=O) groups is 1. The van der Waals surface area contributed by atoms with Crippen molar-refractivity contribution in [2.24, 2.45) is 5.92 Å². The molecule has 0 atom stereocenters. The van der Waals surface area contributed by atoms with E-state index in [1.165, 1.54) is 0 Å². The Morgan fingerprint density at radius 2 is 2.06 bits per heavy atom. The van der Waals surface area contributed by atoms with Gasteiger partial charge in [0.05, 0.1) is 6.61 Å². The first-order valence-electron chi connectivity index (χ1n) is 10.3. The van der Waals surface area contributed by atoms with E-state index in [2.05, 4.69) is 20.5 Å². The molecule has 0 bridgehead atoms. The van der Waals surface area contributed by atoms with Crippen molar-refractivity contribution in [3.63, 3.8) is 0 Å². The number of hydrogen-bond donors (Lipinski definition) is 1. The molecule has 9 heteroatoms. The van der Waals surface area contributed by atoms with Gasteiger partial charge in [0.1, 0.15) is 18.5 Å². The van der Waals surface area contributed by atoms with Gasteiger partial charge in [0.25, 0.3) is 0 Å². The topological polar surface area (TPSA) is 95.5 Å². The van der Waals surface area contributed by atoms with E-state index in [9.17, 15) is 4.79 Å². The van der Waals surface area contributed by atoms with Gasteiger partial charge in [-0.3, -0.25) is 4.79 Å². The van der Waals surface area contributed by atoms with Gasteiger partial charge in [-0.25, -0.2) is 4.98 Å². The zero-order chi connectivity index (χ0) is 22.3. The van der Waals surface area contributed by atoms with Crippen LogP contribution in [-0.2, 0) is 9.53 Å². The van der Waals surface area contributed by atoms with Gasteiger partial charge in [-0.15, -0.1) is 5.10 Å². The van der Waals surface area contributed by atoms with Gasteiger partial charge in [0.15, 0.2) is 5.82 Å². The van der Waals surface area contributed by atoms with Gasteiger partial charge in [0, 0.05) is 47.6 Å². The van der Waals surface area contributed by atoms with Crippen molar-refractivity contribution in [1.29, 1.82) is 0 Å². The van der Waals surface area contributed by atoms with Crippen molar-refractivity contribution in [3.8, 4) is 22.8 Å². The zero-order valence-electron chi connectivity index (χ0n) is 17.5. The summed E-state index contributed by atoms with van der Waals surface area (Å²) in [6.45, 7) is 0.970. The first kappa shape index (κ1) is 22.0. The van der Waals surface area contributed by atoms with Crippen LogP contribution < -0.4 is 14.8 Å². The number of ether oxygens (including phenoxy) is 3. The predicted octanol–water partition coefficient (Wildman–Crippen LogP) is 4.01. The number of nitrogens with one attached hydrogen (secondary N) is 1. The third-order valence-electron chi connectivity index (χ3n) is 5.12. The van der Waals surface area contributed by atoms with Gasteiger partial charge in [0.2, 0.25) is 11.8 Å². The van der Waals surface area contributed by atoms with Gasteiger partial charge in [-0.05, 0) is 49.2 Å². The molecule has 1 saturated carbocycles. The summed E-state index contributed by atoms with van der Waals surface area (Å²) in [5, 5.41) is 11.0. The Bertz CT molecular complexity index is 1040. The van der Waals surface area contributed by atoms with Gasteiger partial charge < -0.3 is 19.5 Å². The molecule has 2 heterocycles. The molecule has 4 rings (SSSR count). The van der Waals surface area contributed by atoms with Crippen LogP contribution in [0, 0.1) is 5.92 Å². The van der Waals surface area contributed by atoms with Gasteiger partial charge in [-0.1, -0.05) is 11.6 Å². The van der Waals surface area contributed by atoms with E-state index in [0.29, 0.717) is 48.5 Å². The largest absolute Gasteiger partial charge is 0.491 e. The smallest absolute Gasteiger partial charge is 0.228 e. The Balaban J connectivity index is 1.30. The summed E-state index contributed by atoms with van der Waals surface area (Å²) < 4.78 is 16.6. The number of hydrogen-bond acceptors (Lipinski definition) is 7. The average molecular weight is 455 g/mol. The van der Waals surface area contributed by atoms with E-state index < -0.39 is 0 Å². The molecule has 1 amide bonds. The number of amides is 1. The highest BCUT2D eigenvalue weighted by Gasteiger charge is 2.36. The quantitative estimate of drug-likeness (QED) is 0.488. The van der Waals surface area contributed by atoms with E-state index in [1.807, 2.05) is 18.2 Å². The number of benzene rings is 1. The fourth-order valence-electron chi connectivity index (χ4n) is 3.31. The fraction of sp³-hybridized carbons (Fsp3) is 0.304. The number of carbonyl (C=O) groups excluding carboxylic acids is 1. The predicted molar refractivity (Wildman–Crippen MR) is 120 cm³/mol. The number of aromatic nitrogens is 3. The molecule has 0 radical (unpaired) electrons. The molecule has 0 spiro atoms. The molecule has 0 aliphatic heterocycles. The van der Waals surface area contributed by atoms with Crippen molar-refractivity contribution < 1.29 is 19.0 Å². The second-order valence-electron chi connectivity index (χ2n) is 7.37. The molecule has 2 aromatic heterocycles. The Labute approximate surface area is 190 Å². The number of nitrogens with zero attached hydrogens (tertiary/aromatic N) is 3. The molecule has 1 fully saturated rings. The SMILES string of the molecule is COCCOc1ccc(Cl)c(-c2ccc(OC3CC(C(=O)Nc4cccnn4)C3)nc2)c1. The van der Waals surface area contributed by atoms with Crippen LogP contribution in [0.2, 0.25) is 5.02 Å². The van der Waals surface area contributed by atoms with E-state index in [4.69, 9.17) is 25.8 Å². The highest BCUT2D eigenvalue weighted by Crippen LogP contribution is 2.34.